The van der Waals surface area contributed by atoms with Gasteiger partial charge in [0.05, 0.1) is 0 Å². The van der Waals surface area contributed by atoms with Gasteiger partial charge in [-0.3, -0.25) is 0 Å². The summed E-state index contributed by atoms with van der Waals surface area (Å²) >= 11 is 0. The lowest BCUT2D eigenvalue weighted by Crippen LogP contribution is -2.17. The third-order valence-electron chi connectivity index (χ3n) is 1.45. The van der Waals surface area contributed by atoms with Crippen LogP contribution in [0.5, 0.6) is 0 Å². The molecule has 0 amide bonds. The van der Waals surface area contributed by atoms with Gasteiger partial charge in [0.1, 0.15) is 5.82 Å². The number of benzene rings is 1. The molecule has 0 unspecified atom stereocenters. The van der Waals surface area contributed by atoms with Gasteiger partial charge in [-0.05, 0) is 24.0 Å². The van der Waals surface area contributed by atoms with E-state index >= 15 is 0 Å². The normalized spacial score (nSPS) is 9.50. The molecule has 0 aromatic heterocycles. The fraction of sp³-hybridized carbons (Fsp3) is 0.143. The zero-order chi connectivity index (χ0) is 7.56. The van der Waals surface area contributed by atoms with Crippen molar-refractivity contribution in [2.75, 3.05) is 0 Å². The Morgan fingerprint density at radius 3 is 2.70 bits per heavy atom. The summed E-state index contributed by atoms with van der Waals surface area (Å²) in [5.74, 6) is -0.289. The molecule has 51 valence electrons. The van der Waals surface area contributed by atoms with E-state index in [1.807, 2.05) is 0 Å². The Bertz CT molecular complexity index is 237. The number of hydrogen-bond acceptors (Lipinski definition) is 1. The van der Waals surface area contributed by atoms with Crippen LogP contribution in [0.25, 0.3) is 0 Å². The van der Waals surface area contributed by atoms with E-state index in [1.54, 1.807) is 19.1 Å². The Kier molecular flexibility index (Phi) is 2.07. The average Bonchev–Trinajstić information content (AvgIpc) is 1.95. The summed E-state index contributed by atoms with van der Waals surface area (Å²) in [6.45, 7) is 1.62. The quantitative estimate of drug-likeness (QED) is 0.554. The lowest BCUT2D eigenvalue weighted by atomic mass is 9.85. The molecule has 1 nitrogen and oxygen atoms in total. The van der Waals surface area contributed by atoms with Crippen molar-refractivity contribution in [2.24, 2.45) is 0 Å². The first kappa shape index (κ1) is 7.28. The van der Waals surface area contributed by atoms with E-state index in [4.69, 9.17) is 5.02 Å². The summed E-state index contributed by atoms with van der Waals surface area (Å²) in [5, 5.41) is 8.55. The minimum atomic E-state index is -0.289. The second-order valence-corrected chi connectivity index (χ2v) is 2.08. The van der Waals surface area contributed by atoms with Crippen molar-refractivity contribution in [2.45, 2.75) is 6.92 Å². The molecule has 0 fully saturated rings. The third-order valence-corrected chi connectivity index (χ3v) is 1.45. The molecule has 10 heavy (non-hydrogen) atoms. The van der Waals surface area contributed by atoms with Gasteiger partial charge in [-0.2, -0.15) is 0 Å². The summed E-state index contributed by atoms with van der Waals surface area (Å²) in [4.78, 5) is 0. The van der Waals surface area contributed by atoms with Crippen LogP contribution in [-0.4, -0.2) is 12.5 Å². The topological polar surface area (TPSA) is 20.2 Å². The van der Waals surface area contributed by atoms with Crippen molar-refractivity contribution in [1.82, 2.24) is 0 Å². The van der Waals surface area contributed by atoms with Crippen molar-refractivity contribution in [1.29, 1.82) is 0 Å². The maximum absolute atomic E-state index is 12.6. The van der Waals surface area contributed by atoms with Gasteiger partial charge in [0, 0.05) is 0 Å². The van der Waals surface area contributed by atoms with Gasteiger partial charge in [0.2, 0.25) is 0 Å². The Morgan fingerprint density at radius 1 is 1.50 bits per heavy atom. The Labute approximate surface area is 59.8 Å². The second kappa shape index (κ2) is 2.84. The summed E-state index contributed by atoms with van der Waals surface area (Å²) in [6, 6.07) is 4.57. The third kappa shape index (κ3) is 1.19. The van der Waals surface area contributed by atoms with E-state index < -0.39 is 0 Å². The SMILES string of the molecule is Cc1c(F)cccc1[B]O. The van der Waals surface area contributed by atoms with Gasteiger partial charge < -0.3 is 5.02 Å². The van der Waals surface area contributed by atoms with Crippen LogP contribution in [0.15, 0.2) is 18.2 Å². The standard InChI is InChI=1S/C7H7BFO/c1-5-6(8-10)3-2-4-7(5)9/h2-4,10H,1H3. The molecule has 0 aliphatic heterocycles. The van der Waals surface area contributed by atoms with E-state index in [1.165, 1.54) is 6.07 Å². The molecule has 0 atom stereocenters. The van der Waals surface area contributed by atoms with Crippen LogP contribution in [0.2, 0.25) is 0 Å². The predicted molar refractivity (Wildman–Crippen MR) is 38.7 cm³/mol. The monoisotopic (exact) mass is 137 g/mol. The molecule has 0 bridgehead atoms. The highest BCUT2D eigenvalue weighted by atomic mass is 19.1. The summed E-state index contributed by atoms with van der Waals surface area (Å²) in [5.41, 5.74) is 1.00. The van der Waals surface area contributed by atoms with Gasteiger partial charge in [-0.15, -0.1) is 0 Å². The lowest BCUT2D eigenvalue weighted by Gasteiger charge is -1.99. The van der Waals surface area contributed by atoms with Crippen molar-refractivity contribution in [3.63, 3.8) is 0 Å². The molecule has 3 heteroatoms. The zero-order valence-electron chi connectivity index (χ0n) is 5.63. The van der Waals surface area contributed by atoms with E-state index in [9.17, 15) is 4.39 Å². The molecule has 0 saturated carbocycles. The number of halogens is 1. The predicted octanol–water partition coefficient (Wildman–Crippen LogP) is 0.371. The Morgan fingerprint density at radius 2 is 2.20 bits per heavy atom. The minimum absolute atomic E-state index is 0.289. The van der Waals surface area contributed by atoms with E-state index in [-0.39, 0.29) is 5.82 Å². The summed E-state index contributed by atoms with van der Waals surface area (Å²) in [6.07, 6.45) is 0. The number of rotatable bonds is 1. The van der Waals surface area contributed by atoms with Crippen LogP contribution in [0.4, 0.5) is 4.39 Å². The number of hydrogen-bond donors (Lipinski definition) is 1. The van der Waals surface area contributed by atoms with Crippen molar-refractivity contribution in [3.8, 4) is 0 Å². The lowest BCUT2D eigenvalue weighted by molar-refractivity contribution is 0.607. The van der Waals surface area contributed by atoms with Gasteiger partial charge in [0.15, 0.2) is 0 Å². The van der Waals surface area contributed by atoms with Crippen LogP contribution in [-0.2, 0) is 0 Å². The van der Waals surface area contributed by atoms with E-state index in [2.05, 4.69) is 0 Å². The fourth-order valence-electron chi connectivity index (χ4n) is 0.764. The maximum Gasteiger partial charge on any atom is 0.327 e. The van der Waals surface area contributed by atoms with Crippen LogP contribution in [0.3, 0.4) is 0 Å². The van der Waals surface area contributed by atoms with Crippen molar-refractivity contribution >= 4 is 12.9 Å². The largest absolute Gasteiger partial charge is 0.450 e. The Hall–Kier alpha value is -0.825. The molecule has 0 saturated heterocycles. The molecule has 0 spiro atoms. The summed E-state index contributed by atoms with van der Waals surface area (Å²) in [7, 11) is 0.901. The van der Waals surface area contributed by atoms with Gasteiger partial charge in [0.25, 0.3) is 0 Å². The molecule has 1 rings (SSSR count). The van der Waals surface area contributed by atoms with Crippen LogP contribution >= 0.6 is 0 Å². The molecule has 1 radical (unpaired) electrons. The first-order valence-corrected chi connectivity index (χ1v) is 2.98. The van der Waals surface area contributed by atoms with Gasteiger partial charge in [-0.1, -0.05) is 12.1 Å². The minimum Gasteiger partial charge on any atom is -0.450 e. The van der Waals surface area contributed by atoms with Crippen LogP contribution < -0.4 is 5.46 Å². The van der Waals surface area contributed by atoms with E-state index in [0.717, 1.165) is 7.48 Å². The summed E-state index contributed by atoms with van der Waals surface area (Å²) < 4.78 is 12.6. The maximum atomic E-state index is 12.6. The zero-order valence-corrected chi connectivity index (χ0v) is 5.63. The molecule has 0 aliphatic rings. The Balaban J connectivity index is 3.14. The molecular weight excluding hydrogens is 130 g/mol. The molecule has 1 aromatic rings. The fourth-order valence-corrected chi connectivity index (χ4v) is 0.764. The second-order valence-electron chi connectivity index (χ2n) is 2.08. The van der Waals surface area contributed by atoms with Gasteiger partial charge in [-0.25, -0.2) is 4.39 Å². The van der Waals surface area contributed by atoms with Gasteiger partial charge >= 0.3 is 7.48 Å². The first-order chi connectivity index (χ1) is 4.75. The van der Waals surface area contributed by atoms with Crippen molar-refractivity contribution < 1.29 is 9.41 Å². The first-order valence-electron chi connectivity index (χ1n) is 2.98. The smallest absolute Gasteiger partial charge is 0.327 e. The van der Waals surface area contributed by atoms with E-state index in [0.29, 0.717) is 11.0 Å². The molecule has 1 aromatic carbocycles. The van der Waals surface area contributed by atoms with Crippen LogP contribution in [0.1, 0.15) is 5.56 Å². The van der Waals surface area contributed by atoms with Crippen LogP contribution in [0, 0.1) is 12.7 Å². The highest BCUT2D eigenvalue weighted by Crippen LogP contribution is 2.00. The molecule has 1 N–H and O–H groups in total. The molecule has 0 heterocycles. The highest BCUT2D eigenvalue weighted by Gasteiger charge is 2.01. The molecule has 0 aliphatic carbocycles. The van der Waals surface area contributed by atoms with Crippen molar-refractivity contribution in [3.05, 3.63) is 29.6 Å². The molecular formula is C7H7BFO. The average molecular weight is 137 g/mol. The highest BCUT2D eigenvalue weighted by molar-refractivity contribution is 6.46.